The Morgan fingerprint density at radius 2 is 1.84 bits per heavy atom. The number of nitrogens with one attached hydrogen (secondary N) is 2. The van der Waals surface area contributed by atoms with Gasteiger partial charge in [0.1, 0.15) is 5.60 Å². The molecule has 3 N–H and O–H groups in total. The van der Waals surface area contributed by atoms with Crippen molar-refractivity contribution in [1.29, 1.82) is 0 Å². The first-order valence-corrected chi connectivity index (χ1v) is 11.1. The second-order valence-corrected chi connectivity index (χ2v) is 8.13. The summed E-state index contributed by atoms with van der Waals surface area (Å²) >= 11 is 0. The molecule has 2 aromatic carbocycles. The van der Waals surface area contributed by atoms with Gasteiger partial charge < -0.3 is 25.2 Å². The number of ether oxygens (including phenoxy) is 2. The third-order valence-electron chi connectivity index (χ3n) is 5.41. The summed E-state index contributed by atoms with van der Waals surface area (Å²) in [6, 6.07) is 18.0. The molecule has 1 aliphatic heterocycles. The summed E-state index contributed by atoms with van der Waals surface area (Å²) in [4.78, 5) is 4.70. The minimum absolute atomic E-state index is 0.289. The smallest absolute Gasteiger partial charge is 0.191 e. The molecule has 31 heavy (non-hydrogen) atoms. The Morgan fingerprint density at radius 1 is 1.10 bits per heavy atom. The maximum Gasteiger partial charge on any atom is 0.191 e. The van der Waals surface area contributed by atoms with Gasteiger partial charge in [0.15, 0.2) is 5.96 Å². The van der Waals surface area contributed by atoms with Crippen molar-refractivity contribution in [2.45, 2.75) is 51.5 Å². The Bertz CT molecular complexity index is 818. The van der Waals surface area contributed by atoms with Crippen LogP contribution in [0.15, 0.2) is 59.6 Å². The Balaban J connectivity index is 1.55. The quantitative estimate of drug-likeness (QED) is 0.424. The zero-order chi connectivity index (χ0) is 21.9. The molecule has 168 valence electrons. The molecule has 2 aromatic rings. The fourth-order valence-corrected chi connectivity index (χ4v) is 3.54. The number of rotatable bonds is 9. The largest absolute Gasteiger partial charge is 0.384 e. The normalized spacial score (nSPS) is 17.2. The summed E-state index contributed by atoms with van der Waals surface area (Å²) in [6.45, 7) is 7.68. The van der Waals surface area contributed by atoms with Crippen molar-refractivity contribution in [1.82, 2.24) is 10.6 Å². The van der Waals surface area contributed by atoms with E-state index in [1.807, 2.05) is 43.3 Å². The van der Waals surface area contributed by atoms with Gasteiger partial charge in [0.2, 0.25) is 0 Å². The van der Waals surface area contributed by atoms with Crippen LogP contribution in [0.5, 0.6) is 0 Å². The molecule has 0 radical (unpaired) electrons. The van der Waals surface area contributed by atoms with E-state index in [1.54, 1.807) is 6.92 Å². The summed E-state index contributed by atoms with van der Waals surface area (Å²) in [5.74, 6) is 0.683. The SMILES string of the molecule is CCNC(=NCc1cccc(COC2CCOCC2)c1)NCC(C)(O)c1ccccc1. The van der Waals surface area contributed by atoms with Crippen LogP contribution < -0.4 is 10.6 Å². The van der Waals surface area contributed by atoms with Gasteiger partial charge in [-0.2, -0.15) is 0 Å². The van der Waals surface area contributed by atoms with Crippen LogP contribution in [0.1, 0.15) is 43.4 Å². The number of hydrogen-bond donors (Lipinski definition) is 3. The van der Waals surface area contributed by atoms with Crippen LogP contribution in [0, 0.1) is 0 Å². The highest BCUT2D eigenvalue weighted by atomic mass is 16.5. The Morgan fingerprint density at radius 3 is 2.58 bits per heavy atom. The van der Waals surface area contributed by atoms with Crippen LogP contribution in [-0.2, 0) is 28.2 Å². The second-order valence-electron chi connectivity index (χ2n) is 8.13. The van der Waals surface area contributed by atoms with Crippen LogP contribution >= 0.6 is 0 Å². The van der Waals surface area contributed by atoms with Gasteiger partial charge in [-0.05, 0) is 43.4 Å². The molecule has 0 saturated carbocycles. The zero-order valence-corrected chi connectivity index (χ0v) is 18.6. The highest BCUT2D eigenvalue weighted by Gasteiger charge is 2.23. The van der Waals surface area contributed by atoms with Crippen molar-refractivity contribution < 1.29 is 14.6 Å². The van der Waals surface area contributed by atoms with Crippen molar-refractivity contribution in [3.05, 3.63) is 71.3 Å². The first-order valence-electron chi connectivity index (χ1n) is 11.1. The molecular formula is C25H35N3O3. The molecule has 0 spiro atoms. The van der Waals surface area contributed by atoms with Crippen molar-refractivity contribution in [2.75, 3.05) is 26.3 Å². The van der Waals surface area contributed by atoms with Gasteiger partial charge in [-0.25, -0.2) is 4.99 Å². The van der Waals surface area contributed by atoms with E-state index in [0.29, 0.717) is 25.7 Å². The molecule has 1 aliphatic rings. The fraction of sp³-hybridized carbons (Fsp3) is 0.480. The first kappa shape index (κ1) is 23.3. The molecule has 0 aromatic heterocycles. The molecular weight excluding hydrogens is 390 g/mol. The van der Waals surface area contributed by atoms with E-state index < -0.39 is 5.60 Å². The van der Waals surface area contributed by atoms with E-state index in [4.69, 9.17) is 14.5 Å². The summed E-state index contributed by atoms with van der Waals surface area (Å²) < 4.78 is 11.4. The van der Waals surface area contributed by atoms with E-state index in [-0.39, 0.29) is 6.10 Å². The lowest BCUT2D eigenvalue weighted by Crippen LogP contribution is -2.44. The van der Waals surface area contributed by atoms with Crippen molar-refractivity contribution in [2.24, 2.45) is 4.99 Å². The second kappa shape index (κ2) is 11.8. The van der Waals surface area contributed by atoms with Crippen LogP contribution in [-0.4, -0.2) is 43.5 Å². The lowest BCUT2D eigenvalue weighted by Gasteiger charge is -2.25. The molecule has 0 bridgehead atoms. The van der Waals surface area contributed by atoms with Gasteiger partial charge in [0.25, 0.3) is 0 Å². The third-order valence-corrected chi connectivity index (χ3v) is 5.41. The predicted octanol–water partition coefficient (Wildman–Crippen LogP) is 3.35. The molecule has 1 atom stereocenters. The van der Waals surface area contributed by atoms with Gasteiger partial charge >= 0.3 is 0 Å². The first-order chi connectivity index (χ1) is 15.1. The number of nitrogens with zero attached hydrogens (tertiary/aromatic N) is 1. The maximum atomic E-state index is 10.8. The molecule has 6 nitrogen and oxygen atoms in total. The van der Waals surface area contributed by atoms with Crippen molar-refractivity contribution in [3.8, 4) is 0 Å². The minimum Gasteiger partial charge on any atom is -0.384 e. The molecule has 3 rings (SSSR count). The average molecular weight is 426 g/mol. The number of benzene rings is 2. The van der Waals surface area contributed by atoms with Crippen molar-refractivity contribution >= 4 is 5.96 Å². The minimum atomic E-state index is -0.987. The van der Waals surface area contributed by atoms with E-state index >= 15 is 0 Å². The van der Waals surface area contributed by atoms with Crippen LogP contribution in [0.3, 0.4) is 0 Å². The molecule has 0 amide bonds. The molecule has 1 unspecified atom stereocenters. The van der Waals surface area contributed by atoms with Crippen LogP contribution in [0.4, 0.5) is 0 Å². The van der Waals surface area contributed by atoms with E-state index in [1.165, 1.54) is 0 Å². The lowest BCUT2D eigenvalue weighted by atomic mass is 9.96. The van der Waals surface area contributed by atoms with E-state index in [9.17, 15) is 5.11 Å². The van der Waals surface area contributed by atoms with E-state index in [2.05, 4.69) is 28.8 Å². The summed E-state index contributed by atoms with van der Waals surface area (Å²) in [7, 11) is 0. The third kappa shape index (κ3) is 7.65. The Hall–Kier alpha value is -2.41. The lowest BCUT2D eigenvalue weighted by molar-refractivity contribution is -0.0390. The van der Waals surface area contributed by atoms with Gasteiger partial charge in [0.05, 0.1) is 25.8 Å². The molecule has 1 saturated heterocycles. The summed E-state index contributed by atoms with van der Waals surface area (Å²) in [5.41, 5.74) is 2.17. The predicted molar refractivity (Wildman–Crippen MR) is 124 cm³/mol. The molecule has 1 fully saturated rings. The van der Waals surface area contributed by atoms with Gasteiger partial charge in [-0.1, -0.05) is 54.6 Å². The van der Waals surface area contributed by atoms with Crippen molar-refractivity contribution in [3.63, 3.8) is 0 Å². The summed E-state index contributed by atoms with van der Waals surface area (Å²) in [6.07, 6.45) is 2.22. The topological polar surface area (TPSA) is 75.1 Å². The molecule has 0 aliphatic carbocycles. The monoisotopic (exact) mass is 425 g/mol. The van der Waals surface area contributed by atoms with Gasteiger partial charge in [-0.3, -0.25) is 0 Å². The van der Waals surface area contributed by atoms with Crippen LogP contribution in [0.25, 0.3) is 0 Å². The number of guanidine groups is 1. The van der Waals surface area contributed by atoms with Crippen LogP contribution in [0.2, 0.25) is 0 Å². The highest BCUT2D eigenvalue weighted by molar-refractivity contribution is 5.79. The maximum absolute atomic E-state index is 10.8. The number of aliphatic imine (C=N–C) groups is 1. The number of aliphatic hydroxyl groups is 1. The summed E-state index contributed by atoms with van der Waals surface area (Å²) in [5, 5.41) is 17.3. The highest BCUT2D eigenvalue weighted by Crippen LogP contribution is 2.19. The average Bonchev–Trinajstić information content (AvgIpc) is 2.81. The molecule has 6 heteroatoms. The van der Waals surface area contributed by atoms with Gasteiger partial charge in [0, 0.05) is 19.8 Å². The Kier molecular flexibility index (Phi) is 8.88. The van der Waals surface area contributed by atoms with E-state index in [0.717, 1.165) is 49.3 Å². The molecule has 1 heterocycles. The fourth-order valence-electron chi connectivity index (χ4n) is 3.54. The standard InChI is InChI=1S/C25H35N3O3/c1-3-26-24(28-19-25(2,29)22-10-5-4-6-11-22)27-17-20-8-7-9-21(16-20)18-31-23-12-14-30-15-13-23/h4-11,16,23,29H,3,12-15,17-19H2,1-2H3,(H2,26,27,28). The Labute approximate surface area is 185 Å². The zero-order valence-electron chi connectivity index (χ0n) is 18.6. The number of hydrogen-bond acceptors (Lipinski definition) is 4. The van der Waals surface area contributed by atoms with Gasteiger partial charge in [-0.15, -0.1) is 0 Å².